The predicted molar refractivity (Wildman–Crippen MR) is 64.0 cm³/mol. The molecule has 0 rings (SSSR count). The van der Waals surface area contributed by atoms with Gasteiger partial charge in [-0.1, -0.05) is 26.8 Å². The lowest BCUT2D eigenvalue weighted by Gasteiger charge is -2.39. The molecule has 0 aliphatic carbocycles. The Morgan fingerprint density at radius 2 is 0.885 bits per heavy atom. The van der Waals surface area contributed by atoms with Crippen molar-refractivity contribution in [3.05, 3.63) is 12.2 Å². The molecule has 0 unspecified atom stereocenters. The summed E-state index contributed by atoms with van der Waals surface area (Å²) in [6.07, 6.45) is -8.58. The fourth-order valence-electron chi connectivity index (χ4n) is 1.45. The summed E-state index contributed by atoms with van der Waals surface area (Å²) in [6.45, 7) is 4.17. The minimum Gasteiger partial charge on any atom is -0.195 e. The first kappa shape index (κ1) is 24.8. The van der Waals surface area contributed by atoms with E-state index in [1.165, 1.54) is 20.8 Å². The second kappa shape index (κ2) is 6.47. The largest absolute Gasteiger partial charge is 0.460 e. The molecule has 0 aromatic carbocycles. The van der Waals surface area contributed by atoms with Crippen LogP contribution in [0.3, 0.4) is 0 Å². The highest BCUT2D eigenvalue weighted by Gasteiger charge is 2.90. The highest BCUT2D eigenvalue weighted by atomic mass is 19.4. The van der Waals surface area contributed by atoms with Gasteiger partial charge in [-0.15, -0.1) is 0 Å². The van der Waals surface area contributed by atoms with Crippen molar-refractivity contribution in [2.24, 2.45) is 5.41 Å². The van der Waals surface area contributed by atoms with Gasteiger partial charge in [-0.05, 0) is 17.9 Å². The number of halogens is 13. The van der Waals surface area contributed by atoms with Gasteiger partial charge in [-0.25, -0.2) is 0 Å². The first-order valence-corrected chi connectivity index (χ1v) is 6.59. The second-order valence-corrected chi connectivity index (χ2v) is 6.59. The van der Waals surface area contributed by atoms with E-state index < -0.39 is 53.7 Å². The van der Waals surface area contributed by atoms with Gasteiger partial charge in [0.25, 0.3) is 0 Å². The lowest BCUT2D eigenvalue weighted by Crippen LogP contribution is -2.69. The Morgan fingerprint density at radius 3 is 1.19 bits per heavy atom. The van der Waals surface area contributed by atoms with Crippen LogP contribution in [0.4, 0.5) is 57.1 Å². The normalized spacial score (nSPS) is 16.5. The Bertz CT molecular complexity index is 519. The van der Waals surface area contributed by atoms with E-state index in [1.54, 1.807) is 0 Å². The molecule has 0 saturated carbocycles. The molecule has 0 heterocycles. The quantitative estimate of drug-likeness (QED) is 0.333. The summed E-state index contributed by atoms with van der Waals surface area (Å²) in [4.78, 5) is 0. The van der Waals surface area contributed by atoms with Crippen molar-refractivity contribution in [2.75, 3.05) is 0 Å². The van der Waals surface area contributed by atoms with E-state index in [-0.39, 0.29) is 6.08 Å². The number of alkyl halides is 13. The summed E-state index contributed by atoms with van der Waals surface area (Å²) < 4.78 is 166. The molecular weight excluding hydrogens is 403 g/mol. The Labute approximate surface area is 139 Å². The third kappa shape index (κ3) is 4.05. The molecule has 0 aromatic heterocycles. The maximum absolute atomic E-state index is 13.3. The Morgan fingerprint density at radius 1 is 0.538 bits per heavy atom. The van der Waals surface area contributed by atoms with Gasteiger partial charge in [0.1, 0.15) is 0 Å². The van der Waals surface area contributed by atoms with E-state index in [1.807, 2.05) is 0 Å². The standard InChI is InChI=1S/C13H13F13/c1-7(2,3)5-4-6-8(14,15)9(16,17)10(18,19)11(20,21)12(22,23)13(24,25)26/h4,6H,5H2,1-3H3/b6-4+. The smallest absolute Gasteiger partial charge is 0.195 e. The maximum Gasteiger partial charge on any atom is 0.460 e. The topological polar surface area (TPSA) is 0 Å². The minimum absolute atomic E-state index is 0.198. The van der Waals surface area contributed by atoms with Crippen LogP contribution in [-0.2, 0) is 0 Å². The van der Waals surface area contributed by atoms with Crippen LogP contribution in [0.15, 0.2) is 12.2 Å². The zero-order chi connectivity index (χ0) is 21.6. The van der Waals surface area contributed by atoms with Crippen molar-refractivity contribution >= 4 is 0 Å². The molecule has 26 heavy (non-hydrogen) atoms. The van der Waals surface area contributed by atoms with Crippen LogP contribution in [0.1, 0.15) is 27.2 Å². The van der Waals surface area contributed by atoms with Crippen LogP contribution >= 0.6 is 0 Å². The molecule has 0 saturated heterocycles. The van der Waals surface area contributed by atoms with E-state index in [2.05, 4.69) is 0 Å². The van der Waals surface area contributed by atoms with Crippen LogP contribution in [0.5, 0.6) is 0 Å². The van der Waals surface area contributed by atoms with E-state index in [0.717, 1.165) is 0 Å². The van der Waals surface area contributed by atoms with Gasteiger partial charge in [-0.3, -0.25) is 0 Å². The molecule has 13 heteroatoms. The molecular formula is C13H13F13. The molecule has 0 nitrogen and oxygen atoms in total. The van der Waals surface area contributed by atoms with Gasteiger partial charge in [-0.2, -0.15) is 57.1 Å². The van der Waals surface area contributed by atoms with Gasteiger partial charge in [0, 0.05) is 0 Å². The van der Waals surface area contributed by atoms with Gasteiger partial charge in [0.2, 0.25) is 0 Å². The zero-order valence-electron chi connectivity index (χ0n) is 13.3. The van der Waals surface area contributed by atoms with Crippen LogP contribution in [0.2, 0.25) is 0 Å². The van der Waals surface area contributed by atoms with Gasteiger partial charge < -0.3 is 0 Å². The van der Waals surface area contributed by atoms with Crippen LogP contribution in [0.25, 0.3) is 0 Å². The first-order valence-electron chi connectivity index (χ1n) is 6.59. The molecule has 0 bridgehead atoms. The second-order valence-electron chi connectivity index (χ2n) is 6.59. The highest BCUT2D eigenvalue weighted by molar-refractivity contribution is 5.15. The molecule has 0 fully saturated rings. The summed E-state index contributed by atoms with van der Waals surface area (Å²) in [7, 11) is 0. The van der Waals surface area contributed by atoms with Crippen LogP contribution < -0.4 is 0 Å². The maximum atomic E-state index is 13.3. The lowest BCUT2D eigenvalue weighted by atomic mass is 9.90. The average Bonchev–Trinajstić information content (AvgIpc) is 2.34. The van der Waals surface area contributed by atoms with Crippen molar-refractivity contribution in [3.8, 4) is 0 Å². The van der Waals surface area contributed by atoms with E-state index in [9.17, 15) is 57.1 Å². The Hall–Kier alpha value is -1.17. The third-order valence-electron chi connectivity index (χ3n) is 3.02. The lowest BCUT2D eigenvalue weighted by molar-refractivity contribution is -0.436. The molecule has 0 aromatic rings. The Balaban J connectivity index is 6.08. The van der Waals surface area contributed by atoms with Crippen molar-refractivity contribution in [3.63, 3.8) is 0 Å². The Kier molecular flexibility index (Phi) is 6.17. The fraction of sp³-hybridized carbons (Fsp3) is 0.846. The van der Waals surface area contributed by atoms with Gasteiger partial charge in [0.05, 0.1) is 0 Å². The molecule has 0 N–H and O–H groups in total. The highest BCUT2D eigenvalue weighted by Crippen LogP contribution is 2.60. The molecule has 0 radical (unpaired) electrons. The number of hydrogen-bond acceptors (Lipinski definition) is 0. The van der Waals surface area contributed by atoms with Crippen LogP contribution in [0, 0.1) is 5.41 Å². The summed E-state index contributed by atoms with van der Waals surface area (Å²) in [5.41, 5.74) is -0.836. The molecule has 0 atom stereocenters. The minimum atomic E-state index is -7.86. The van der Waals surface area contributed by atoms with E-state index >= 15 is 0 Å². The third-order valence-corrected chi connectivity index (χ3v) is 3.02. The van der Waals surface area contributed by atoms with Gasteiger partial charge >= 0.3 is 35.8 Å². The van der Waals surface area contributed by atoms with Crippen molar-refractivity contribution < 1.29 is 57.1 Å². The SMILES string of the molecule is CC(C)(C)C/C=C/C(F)(F)C(F)(F)C(F)(F)C(F)(F)C(F)(F)C(F)(F)F. The summed E-state index contributed by atoms with van der Waals surface area (Å²) >= 11 is 0. The predicted octanol–water partition coefficient (Wildman–Crippen LogP) is 6.72. The first-order chi connectivity index (χ1) is 11.0. The number of rotatable bonds is 6. The van der Waals surface area contributed by atoms with E-state index in [0.29, 0.717) is 0 Å². The zero-order valence-corrected chi connectivity index (χ0v) is 13.3. The van der Waals surface area contributed by atoms with Gasteiger partial charge in [0.15, 0.2) is 0 Å². The van der Waals surface area contributed by atoms with Crippen molar-refractivity contribution in [1.82, 2.24) is 0 Å². The fourth-order valence-corrected chi connectivity index (χ4v) is 1.45. The molecule has 0 spiro atoms. The number of hydrogen-bond donors (Lipinski definition) is 0. The monoisotopic (exact) mass is 416 g/mol. The summed E-state index contributed by atoms with van der Waals surface area (Å²) in [5, 5.41) is 0. The summed E-state index contributed by atoms with van der Waals surface area (Å²) in [6, 6.07) is 0. The van der Waals surface area contributed by atoms with Crippen molar-refractivity contribution in [1.29, 1.82) is 0 Å². The summed E-state index contributed by atoms with van der Waals surface area (Å²) in [5.74, 6) is -36.7. The molecule has 0 aliphatic rings. The van der Waals surface area contributed by atoms with E-state index in [4.69, 9.17) is 0 Å². The molecule has 0 amide bonds. The van der Waals surface area contributed by atoms with Crippen LogP contribution in [-0.4, -0.2) is 35.8 Å². The van der Waals surface area contributed by atoms with Crippen molar-refractivity contribution in [2.45, 2.75) is 63.0 Å². The average molecular weight is 416 g/mol. The number of allylic oxidation sites excluding steroid dienone is 2. The molecule has 156 valence electrons. The molecule has 0 aliphatic heterocycles.